The van der Waals surface area contributed by atoms with E-state index in [0.29, 0.717) is 0 Å². The molecule has 0 N–H and O–H groups in total. The minimum Gasteiger partial charge on any atom is -0.369 e. The van der Waals surface area contributed by atoms with E-state index >= 15 is 0 Å². The Morgan fingerprint density at radius 3 is 2.26 bits per heavy atom. The van der Waals surface area contributed by atoms with Crippen molar-refractivity contribution in [2.24, 2.45) is 0 Å². The molecule has 1 saturated heterocycles. The van der Waals surface area contributed by atoms with Gasteiger partial charge in [-0.05, 0) is 43.3 Å². The molecule has 27 heavy (non-hydrogen) atoms. The van der Waals surface area contributed by atoms with Crippen molar-refractivity contribution < 1.29 is 0 Å². The highest BCUT2D eigenvalue weighted by atomic mass is 35.5. The van der Waals surface area contributed by atoms with E-state index in [1.54, 1.807) is 0 Å². The van der Waals surface area contributed by atoms with Crippen LogP contribution in [-0.4, -0.2) is 52.4 Å². The van der Waals surface area contributed by atoms with E-state index in [2.05, 4.69) is 61.0 Å². The molecular formula is C21H24ClN5. The Kier molecular flexibility index (Phi) is 5.41. The molecule has 6 heteroatoms. The third-order valence-corrected chi connectivity index (χ3v) is 5.37. The Morgan fingerprint density at radius 1 is 0.852 bits per heavy atom. The highest BCUT2D eigenvalue weighted by molar-refractivity contribution is 6.30. The third kappa shape index (κ3) is 4.15. The summed E-state index contributed by atoms with van der Waals surface area (Å²) < 4.78 is 2.16. The second-order valence-electron chi connectivity index (χ2n) is 6.89. The van der Waals surface area contributed by atoms with Crippen LogP contribution in [0, 0.1) is 6.92 Å². The van der Waals surface area contributed by atoms with Gasteiger partial charge in [-0.2, -0.15) is 0 Å². The molecule has 4 rings (SSSR count). The zero-order valence-corrected chi connectivity index (χ0v) is 16.3. The van der Waals surface area contributed by atoms with Gasteiger partial charge in [0.2, 0.25) is 0 Å². The average Bonchev–Trinajstić information content (AvgIpc) is 3.08. The lowest BCUT2D eigenvalue weighted by Gasteiger charge is -2.36. The number of hydrogen-bond acceptors (Lipinski definition) is 4. The van der Waals surface area contributed by atoms with Crippen molar-refractivity contribution in [1.29, 1.82) is 0 Å². The lowest BCUT2D eigenvalue weighted by Crippen LogP contribution is -2.47. The van der Waals surface area contributed by atoms with E-state index in [1.807, 2.05) is 25.1 Å². The average molecular weight is 382 g/mol. The fourth-order valence-corrected chi connectivity index (χ4v) is 3.75. The largest absolute Gasteiger partial charge is 0.369 e. The summed E-state index contributed by atoms with van der Waals surface area (Å²) in [6.07, 6.45) is 0.899. The molecule has 0 saturated carbocycles. The van der Waals surface area contributed by atoms with Crippen LogP contribution in [0.2, 0.25) is 5.02 Å². The predicted molar refractivity (Wildman–Crippen MR) is 110 cm³/mol. The summed E-state index contributed by atoms with van der Waals surface area (Å²) in [4.78, 5) is 4.93. The van der Waals surface area contributed by atoms with Crippen molar-refractivity contribution >= 4 is 17.3 Å². The molecule has 0 atom stereocenters. The summed E-state index contributed by atoms with van der Waals surface area (Å²) in [5.41, 5.74) is 2.38. The number of piperazine rings is 1. The standard InChI is InChI=1S/C21H24ClN5/c1-17-23-24-21(27(17)20-5-3-2-4-6-20)11-12-25-13-15-26(16-14-25)19-9-7-18(22)8-10-19/h2-10H,11-16H2,1H3. The molecule has 1 aliphatic rings. The lowest BCUT2D eigenvalue weighted by molar-refractivity contribution is 0.259. The van der Waals surface area contributed by atoms with Crippen LogP contribution >= 0.6 is 11.6 Å². The van der Waals surface area contributed by atoms with Gasteiger partial charge in [0, 0.05) is 55.5 Å². The van der Waals surface area contributed by atoms with Crippen LogP contribution in [0.1, 0.15) is 11.6 Å². The van der Waals surface area contributed by atoms with Crippen LogP contribution in [-0.2, 0) is 6.42 Å². The summed E-state index contributed by atoms with van der Waals surface area (Å²) in [7, 11) is 0. The molecular weight excluding hydrogens is 358 g/mol. The summed E-state index contributed by atoms with van der Waals surface area (Å²) in [5.74, 6) is 1.96. The molecule has 1 fully saturated rings. The van der Waals surface area contributed by atoms with Crippen LogP contribution in [0.3, 0.4) is 0 Å². The molecule has 2 heterocycles. The van der Waals surface area contributed by atoms with Gasteiger partial charge < -0.3 is 4.90 Å². The molecule has 0 amide bonds. The van der Waals surface area contributed by atoms with Gasteiger partial charge in [0.15, 0.2) is 0 Å². The Bertz CT molecular complexity index is 867. The number of anilines is 1. The molecule has 140 valence electrons. The summed E-state index contributed by atoms with van der Waals surface area (Å²) in [6.45, 7) is 7.19. The minimum atomic E-state index is 0.787. The number of nitrogens with zero attached hydrogens (tertiary/aromatic N) is 5. The van der Waals surface area contributed by atoms with Crippen LogP contribution in [0.15, 0.2) is 54.6 Å². The monoisotopic (exact) mass is 381 g/mol. The van der Waals surface area contributed by atoms with Gasteiger partial charge >= 0.3 is 0 Å². The second-order valence-corrected chi connectivity index (χ2v) is 7.33. The first-order valence-electron chi connectivity index (χ1n) is 9.40. The zero-order valence-electron chi connectivity index (χ0n) is 15.6. The number of rotatable bonds is 5. The maximum absolute atomic E-state index is 5.99. The summed E-state index contributed by atoms with van der Waals surface area (Å²) >= 11 is 5.99. The van der Waals surface area contributed by atoms with Gasteiger partial charge in [-0.25, -0.2) is 0 Å². The summed E-state index contributed by atoms with van der Waals surface area (Å²) in [5, 5.41) is 9.49. The van der Waals surface area contributed by atoms with E-state index in [9.17, 15) is 0 Å². The van der Waals surface area contributed by atoms with Crippen molar-refractivity contribution in [1.82, 2.24) is 19.7 Å². The first-order chi connectivity index (χ1) is 13.2. The molecule has 0 radical (unpaired) electrons. The Labute approximate surface area is 165 Å². The van der Waals surface area contributed by atoms with E-state index in [-0.39, 0.29) is 0 Å². The Morgan fingerprint density at radius 2 is 1.56 bits per heavy atom. The maximum Gasteiger partial charge on any atom is 0.138 e. The molecule has 1 aliphatic heterocycles. The predicted octanol–water partition coefficient (Wildman–Crippen LogP) is 3.59. The van der Waals surface area contributed by atoms with Crippen molar-refractivity contribution in [3.63, 3.8) is 0 Å². The van der Waals surface area contributed by atoms with Crippen LogP contribution < -0.4 is 4.90 Å². The molecule has 5 nitrogen and oxygen atoms in total. The minimum absolute atomic E-state index is 0.787. The second kappa shape index (κ2) is 8.11. The molecule has 0 unspecified atom stereocenters. The highest BCUT2D eigenvalue weighted by Crippen LogP contribution is 2.20. The highest BCUT2D eigenvalue weighted by Gasteiger charge is 2.18. The number of benzene rings is 2. The number of aromatic nitrogens is 3. The van der Waals surface area contributed by atoms with Gasteiger partial charge in [-0.1, -0.05) is 29.8 Å². The Hall–Kier alpha value is -2.37. The van der Waals surface area contributed by atoms with Gasteiger partial charge in [0.25, 0.3) is 0 Å². The molecule has 2 aromatic carbocycles. The van der Waals surface area contributed by atoms with Crippen LogP contribution in [0.4, 0.5) is 5.69 Å². The Balaban J connectivity index is 1.35. The normalized spacial score (nSPS) is 15.3. The van der Waals surface area contributed by atoms with E-state index in [0.717, 1.165) is 61.5 Å². The number of halogens is 1. The quantitative estimate of drug-likeness (QED) is 0.676. The first-order valence-corrected chi connectivity index (χ1v) is 9.78. The van der Waals surface area contributed by atoms with Crippen molar-refractivity contribution in [2.75, 3.05) is 37.6 Å². The fraction of sp³-hybridized carbons (Fsp3) is 0.333. The van der Waals surface area contributed by atoms with Crippen molar-refractivity contribution in [3.05, 3.63) is 71.3 Å². The molecule has 0 aliphatic carbocycles. The third-order valence-electron chi connectivity index (χ3n) is 5.12. The number of hydrogen-bond donors (Lipinski definition) is 0. The van der Waals surface area contributed by atoms with Gasteiger partial charge in [0.05, 0.1) is 0 Å². The molecule has 1 aromatic heterocycles. The van der Waals surface area contributed by atoms with Gasteiger partial charge in [0.1, 0.15) is 11.6 Å². The van der Waals surface area contributed by atoms with Gasteiger partial charge in [-0.3, -0.25) is 9.47 Å². The van der Waals surface area contributed by atoms with Crippen LogP contribution in [0.5, 0.6) is 0 Å². The first kappa shape index (κ1) is 18.0. The number of aryl methyl sites for hydroxylation is 1. The van der Waals surface area contributed by atoms with E-state index < -0.39 is 0 Å². The smallest absolute Gasteiger partial charge is 0.138 e. The molecule has 3 aromatic rings. The van der Waals surface area contributed by atoms with E-state index in [4.69, 9.17) is 11.6 Å². The molecule has 0 bridgehead atoms. The maximum atomic E-state index is 5.99. The van der Waals surface area contributed by atoms with Crippen molar-refractivity contribution in [2.45, 2.75) is 13.3 Å². The fourth-order valence-electron chi connectivity index (χ4n) is 3.62. The van der Waals surface area contributed by atoms with Gasteiger partial charge in [-0.15, -0.1) is 10.2 Å². The lowest BCUT2D eigenvalue weighted by atomic mass is 10.2. The zero-order chi connectivity index (χ0) is 18.6. The summed E-state index contributed by atoms with van der Waals surface area (Å²) in [6, 6.07) is 18.5. The number of para-hydroxylation sites is 1. The van der Waals surface area contributed by atoms with E-state index in [1.165, 1.54) is 5.69 Å². The van der Waals surface area contributed by atoms with Crippen molar-refractivity contribution in [3.8, 4) is 5.69 Å². The molecule has 0 spiro atoms. The van der Waals surface area contributed by atoms with Crippen LogP contribution in [0.25, 0.3) is 5.69 Å². The topological polar surface area (TPSA) is 37.2 Å². The SMILES string of the molecule is Cc1nnc(CCN2CCN(c3ccc(Cl)cc3)CC2)n1-c1ccccc1.